The highest BCUT2D eigenvalue weighted by atomic mass is 35.5. The Labute approximate surface area is 170 Å². The Kier molecular flexibility index (Phi) is 6.59. The van der Waals surface area contributed by atoms with Crippen LogP contribution < -0.4 is 10.6 Å². The molecule has 0 aromatic heterocycles. The summed E-state index contributed by atoms with van der Waals surface area (Å²) in [5.74, 6) is -0.247. The zero-order valence-corrected chi connectivity index (χ0v) is 17.3. The molecule has 150 valence electrons. The van der Waals surface area contributed by atoms with Crippen molar-refractivity contribution in [2.24, 2.45) is 0 Å². The van der Waals surface area contributed by atoms with Gasteiger partial charge in [-0.15, -0.1) is 0 Å². The van der Waals surface area contributed by atoms with Crippen molar-refractivity contribution in [3.05, 3.63) is 53.1 Å². The van der Waals surface area contributed by atoms with E-state index in [1.807, 2.05) is 25.1 Å². The van der Waals surface area contributed by atoms with Gasteiger partial charge in [0.1, 0.15) is 0 Å². The Bertz CT molecular complexity index is 940. The third-order valence-corrected chi connectivity index (χ3v) is 6.88. The number of anilines is 2. The normalized spacial score (nSPS) is 15.2. The Balaban J connectivity index is 1.58. The summed E-state index contributed by atoms with van der Waals surface area (Å²) in [6.07, 6.45) is 2.86. The van der Waals surface area contributed by atoms with Gasteiger partial charge in [-0.1, -0.05) is 24.1 Å². The molecule has 8 heteroatoms. The molecule has 1 fully saturated rings. The van der Waals surface area contributed by atoms with Crippen molar-refractivity contribution in [3.8, 4) is 0 Å². The van der Waals surface area contributed by atoms with Crippen molar-refractivity contribution in [3.63, 3.8) is 0 Å². The first-order valence-corrected chi connectivity index (χ1v) is 11.1. The fourth-order valence-corrected chi connectivity index (χ4v) is 4.93. The predicted molar refractivity (Wildman–Crippen MR) is 112 cm³/mol. The largest absolute Gasteiger partial charge is 0.375 e. The number of nitrogens with one attached hydrogen (secondary N) is 2. The molecule has 1 aliphatic rings. The number of benzene rings is 2. The van der Waals surface area contributed by atoms with Crippen LogP contribution in [0.3, 0.4) is 0 Å². The van der Waals surface area contributed by atoms with Crippen LogP contribution in [0, 0.1) is 6.92 Å². The Morgan fingerprint density at radius 2 is 1.75 bits per heavy atom. The maximum absolute atomic E-state index is 12.7. The first-order valence-electron chi connectivity index (χ1n) is 9.26. The number of hydrogen-bond acceptors (Lipinski definition) is 4. The summed E-state index contributed by atoms with van der Waals surface area (Å²) in [6, 6.07) is 11.8. The molecule has 28 heavy (non-hydrogen) atoms. The van der Waals surface area contributed by atoms with Crippen LogP contribution in [-0.2, 0) is 14.8 Å². The number of sulfonamides is 1. The van der Waals surface area contributed by atoms with Gasteiger partial charge in [0.15, 0.2) is 0 Å². The quantitative estimate of drug-likeness (QED) is 0.742. The lowest BCUT2D eigenvalue weighted by Crippen LogP contribution is -2.35. The van der Waals surface area contributed by atoms with Crippen molar-refractivity contribution in [1.29, 1.82) is 0 Å². The molecule has 1 saturated heterocycles. The molecule has 1 aliphatic heterocycles. The summed E-state index contributed by atoms with van der Waals surface area (Å²) in [4.78, 5) is 12.4. The number of piperidine rings is 1. The molecule has 2 aromatic carbocycles. The molecule has 2 N–H and O–H groups in total. The lowest BCUT2D eigenvalue weighted by atomic mass is 10.2. The van der Waals surface area contributed by atoms with E-state index in [-0.39, 0.29) is 17.3 Å². The van der Waals surface area contributed by atoms with Gasteiger partial charge in [0, 0.05) is 18.8 Å². The summed E-state index contributed by atoms with van der Waals surface area (Å²) in [5, 5.41) is 6.30. The monoisotopic (exact) mass is 421 g/mol. The van der Waals surface area contributed by atoms with E-state index in [0.717, 1.165) is 24.8 Å². The van der Waals surface area contributed by atoms with Crippen molar-refractivity contribution in [2.75, 3.05) is 30.3 Å². The second-order valence-electron chi connectivity index (χ2n) is 6.87. The van der Waals surface area contributed by atoms with Crippen molar-refractivity contribution >= 4 is 38.9 Å². The number of nitrogens with zero attached hydrogens (tertiary/aromatic N) is 1. The van der Waals surface area contributed by atoms with Gasteiger partial charge in [-0.05, 0) is 61.7 Å². The van der Waals surface area contributed by atoms with E-state index in [1.165, 1.54) is 16.4 Å². The first kappa shape index (κ1) is 20.6. The lowest BCUT2D eigenvalue weighted by molar-refractivity contribution is -0.114. The smallest absolute Gasteiger partial charge is 0.243 e. The van der Waals surface area contributed by atoms with E-state index >= 15 is 0 Å². The fraction of sp³-hybridized carbons (Fsp3) is 0.350. The van der Waals surface area contributed by atoms with Crippen molar-refractivity contribution < 1.29 is 13.2 Å². The summed E-state index contributed by atoms with van der Waals surface area (Å²) < 4.78 is 26.8. The van der Waals surface area contributed by atoms with Gasteiger partial charge in [-0.25, -0.2) is 8.42 Å². The van der Waals surface area contributed by atoms with Crippen molar-refractivity contribution in [1.82, 2.24) is 4.31 Å². The molecular formula is C20H24ClN3O3S. The summed E-state index contributed by atoms with van der Waals surface area (Å²) >= 11 is 6.14. The number of halogens is 1. The predicted octanol–water partition coefficient (Wildman–Crippen LogP) is 3.87. The van der Waals surface area contributed by atoms with Crippen LogP contribution in [-0.4, -0.2) is 38.3 Å². The zero-order chi connectivity index (χ0) is 20.1. The van der Waals surface area contributed by atoms with Crippen LogP contribution >= 0.6 is 11.6 Å². The van der Waals surface area contributed by atoms with Crippen LogP contribution in [0.25, 0.3) is 0 Å². The molecule has 0 saturated carbocycles. The van der Waals surface area contributed by atoms with Gasteiger partial charge in [0.2, 0.25) is 15.9 Å². The van der Waals surface area contributed by atoms with Crippen LogP contribution in [0.4, 0.5) is 11.4 Å². The number of aryl methyl sites for hydroxylation is 1. The summed E-state index contributed by atoms with van der Waals surface area (Å²) in [5.41, 5.74) is 2.27. The van der Waals surface area contributed by atoms with E-state index in [2.05, 4.69) is 10.6 Å². The Hall–Kier alpha value is -2.09. The van der Waals surface area contributed by atoms with Gasteiger partial charge in [0.05, 0.1) is 22.2 Å². The molecule has 0 spiro atoms. The van der Waals surface area contributed by atoms with E-state index < -0.39 is 10.0 Å². The maximum atomic E-state index is 12.7. The van der Waals surface area contributed by atoms with Crippen LogP contribution in [0.2, 0.25) is 5.02 Å². The standard InChI is InChI=1S/C20H24ClN3O3S/c1-15-5-10-19(18(21)13-15)22-14-20(25)23-16-6-8-17(9-7-16)28(26,27)24-11-3-2-4-12-24/h5-10,13,22H,2-4,11-12,14H2,1H3,(H,23,25). The fourth-order valence-electron chi connectivity index (χ4n) is 3.11. The lowest BCUT2D eigenvalue weighted by Gasteiger charge is -2.25. The minimum atomic E-state index is -3.47. The molecule has 1 heterocycles. The second kappa shape index (κ2) is 8.94. The first-order chi connectivity index (χ1) is 13.4. The number of amides is 1. The Morgan fingerprint density at radius 1 is 1.07 bits per heavy atom. The van der Waals surface area contributed by atoms with E-state index in [9.17, 15) is 13.2 Å². The molecule has 6 nitrogen and oxygen atoms in total. The van der Waals surface area contributed by atoms with Gasteiger partial charge >= 0.3 is 0 Å². The molecule has 0 unspecified atom stereocenters. The molecule has 2 aromatic rings. The minimum absolute atomic E-state index is 0.0522. The van der Waals surface area contributed by atoms with Crippen molar-refractivity contribution in [2.45, 2.75) is 31.1 Å². The number of rotatable bonds is 6. The molecule has 0 bridgehead atoms. The molecule has 1 amide bonds. The summed E-state index contributed by atoms with van der Waals surface area (Å²) in [6.45, 7) is 3.12. The highest BCUT2D eigenvalue weighted by molar-refractivity contribution is 7.89. The van der Waals surface area contributed by atoms with E-state index in [1.54, 1.807) is 12.1 Å². The number of hydrogen-bond donors (Lipinski definition) is 2. The molecule has 0 aliphatic carbocycles. The SMILES string of the molecule is Cc1ccc(NCC(=O)Nc2ccc(S(=O)(=O)N3CCCCC3)cc2)c(Cl)c1. The maximum Gasteiger partial charge on any atom is 0.243 e. The average molecular weight is 422 g/mol. The van der Waals surface area contributed by atoms with Gasteiger partial charge in [-0.3, -0.25) is 4.79 Å². The second-order valence-corrected chi connectivity index (χ2v) is 9.22. The van der Waals surface area contributed by atoms with Gasteiger partial charge < -0.3 is 10.6 Å². The summed E-state index contributed by atoms with van der Waals surface area (Å²) in [7, 11) is -3.47. The molecule has 0 atom stereocenters. The van der Waals surface area contributed by atoms with Crippen LogP contribution in [0.5, 0.6) is 0 Å². The average Bonchev–Trinajstić information content (AvgIpc) is 2.68. The third-order valence-electron chi connectivity index (χ3n) is 4.65. The topological polar surface area (TPSA) is 78.5 Å². The molecule has 0 radical (unpaired) electrons. The Morgan fingerprint density at radius 3 is 2.39 bits per heavy atom. The highest BCUT2D eigenvalue weighted by Gasteiger charge is 2.25. The van der Waals surface area contributed by atoms with Gasteiger partial charge in [0.25, 0.3) is 0 Å². The number of carbonyl (C=O) groups excluding carboxylic acids is 1. The number of carbonyl (C=O) groups is 1. The molecular weight excluding hydrogens is 398 g/mol. The minimum Gasteiger partial charge on any atom is -0.375 e. The van der Waals surface area contributed by atoms with Crippen LogP contribution in [0.1, 0.15) is 24.8 Å². The molecule has 3 rings (SSSR count). The van der Waals surface area contributed by atoms with Crippen LogP contribution in [0.15, 0.2) is 47.4 Å². The third kappa shape index (κ3) is 5.04. The van der Waals surface area contributed by atoms with Gasteiger partial charge in [-0.2, -0.15) is 4.31 Å². The highest BCUT2D eigenvalue weighted by Crippen LogP contribution is 2.23. The zero-order valence-electron chi connectivity index (χ0n) is 15.7. The van der Waals surface area contributed by atoms with E-state index in [4.69, 9.17) is 11.6 Å². The van der Waals surface area contributed by atoms with E-state index in [0.29, 0.717) is 29.5 Å².